The molecule has 0 saturated carbocycles. The quantitative estimate of drug-likeness (QED) is 0.754. The Morgan fingerprint density at radius 3 is 2.57 bits per heavy atom. The SMILES string of the molecule is CCC(CC(=O)O)N1CCCC1(C)C. The summed E-state index contributed by atoms with van der Waals surface area (Å²) in [6.45, 7) is 7.55. The van der Waals surface area contributed by atoms with Crippen molar-refractivity contribution in [3.05, 3.63) is 0 Å². The van der Waals surface area contributed by atoms with E-state index in [2.05, 4.69) is 25.7 Å². The summed E-state index contributed by atoms with van der Waals surface area (Å²) in [6.07, 6.45) is 3.59. The lowest BCUT2D eigenvalue weighted by Gasteiger charge is -2.37. The van der Waals surface area contributed by atoms with Crippen molar-refractivity contribution < 1.29 is 9.90 Å². The van der Waals surface area contributed by atoms with E-state index in [1.165, 1.54) is 12.8 Å². The first kappa shape index (κ1) is 11.5. The summed E-state index contributed by atoms with van der Waals surface area (Å²) in [5.74, 6) is -0.681. The molecule has 1 saturated heterocycles. The van der Waals surface area contributed by atoms with Gasteiger partial charge in [-0.2, -0.15) is 0 Å². The van der Waals surface area contributed by atoms with E-state index in [1.807, 2.05) is 0 Å². The second kappa shape index (κ2) is 4.30. The van der Waals surface area contributed by atoms with E-state index < -0.39 is 5.97 Å². The van der Waals surface area contributed by atoms with Crippen LogP contribution in [0.1, 0.15) is 46.5 Å². The van der Waals surface area contributed by atoms with Gasteiger partial charge < -0.3 is 5.11 Å². The second-order valence-electron chi connectivity index (χ2n) is 4.77. The Balaban J connectivity index is 2.64. The lowest BCUT2D eigenvalue weighted by atomic mass is 9.98. The van der Waals surface area contributed by atoms with Crippen LogP contribution < -0.4 is 0 Å². The Morgan fingerprint density at radius 2 is 2.21 bits per heavy atom. The summed E-state index contributed by atoms with van der Waals surface area (Å²) in [5.41, 5.74) is 0.191. The molecule has 0 radical (unpaired) electrons. The summed E-state index contributed by atoms with van der Waals surface area (Å²) in [7, 11) is 0. The first-order chi connectivity index (χ1) is 6.47. The third-order valence-corrected chi connectivity index (χ3v) is 3.29. The van der Waals surface area contributed by atoms with Crippen molar-refractivity contribution in [2.75, 3.05) is 6.54 Å². The number of rotatable bonds is 4. The van der Waals surface area contributed by atoms with Crippen LogP contribution in [-0.2, 0) is 4.79 Å². The number of carboxylic acids is 1. The fraction of sp³-hybridized carbons (Fsp3) is 0.909. The molecule has 1 aliphatic heterocycles. The molecule has 1 aliphatic rings. The van der Waals surface area contributed by atoms with Crippen molar-refractivity contribution in [2.45, 2.75) is 58.0 Å². The Labute approximate surface area is 86.1 Å². The lowest BCUT2D eigenvalue weighted by Crippen LogP contribution is -2.46. The molecule has 0 spiro atoms. The van der Waals surface area contributed by atoms with Gasteiger partial charge in [-0.15, -0.1) is 0 Å². The average Bonchev–Trinajstić information content (AvgIpc) is 2.41. The smallest absolute Gasteiger partial charge is 0.304 e. The molecule has 0 bridgehead atoms. The molecule has 1 fully saturated rings. The average molecular weight is 199 g/mol. The van der Waals surface area contributed by atoms with Crippen LogP contribution in [0, 0.1) is 0 Å². The van der Waals surface area contributed by atoms with Crippen molar-refractivity contribution in [3.63, 3.8) is 0 Å². The van der Waals surface area contributed by atoms with Gasteiger partial charge in [0.1, 0.15) is 0 Å². The van der Waals surface area contributed by atoms with Crippen molar-refractivity contribution in [1.82, 2.24) is 4.90 Å². The Bertz CT molecular complexity index is 213. The molecule has 14 heavy (non-hydrogen) atoms. The Kier molecular flexibility index (Phi) is 3.53. The first-order valence-corrected chi connectivity index (χ1v) is 5.46. The lowest BCUT2D eigenvalue weighted by molar-refractivity contribution is -0.138. The molecule has 0 amide bonds. The Morgan fingerprint density at radius 1 is 1.57 bits per heavy atom. The largest absolute Gasteiger partial charge is 0.481 e. The van der Waals surface area contributed by atoms with Crippen LogP contribution in [0.3, 0.4) is 0 Å². The van der Waals surface area contributed by atoms with E-state index in [0.717, 1.165) is 13.0 Å². The van der Waals surface area contributed by atoms with E-state index in [9.17, 15) is 4.79 Å². The molecule has 0 aliphatic carbocycles. The summed E-state index contributed by atoms with van der Waals surface area (Å²) in [6, 6.07) is 0.213. The zero-order chi connectivity index (χ0) is 10.8. The van der Waals surface area contributed by atoms with Crippen molar-refractivity contribution >= 4 is 5.97 Å². The minimum atomic E-state index is -0.681. The second-order valence-corrected chi connectivity index (χ2v) is 4.77. The zero-order valence-corrected chi connectivity index (χ0v) is 9.42. The van der Waals surface area contributed by atoms with Crippen molar-refractivity contribution in [1.29, 1.82) is 0 Å². The van der Waals surface area contributed by atoms with Gasteiger partial charge in [0.2, 0.25) is 0 Å². The highest BCUT2D eigenvalue weighted by Crippen LogP contribution is 2.32. The molecular formula is C11H21NO2. The zero-order valence-electron chi connectivity index (χ0n) is 9.42. The third-order valence-electron chi connectivity index (χ3n) is 3.29. The van der Waals surface area contributed by atoms with E-state index in [-0.39, 0.29) is 18.0 Å². The van der Waals surface area contributed by atoms with Gasteiger partial charge in [0, 0.05) is 11.6 Å². The van der Waals surface area contributed by atoms with E-state index in [0.29, 0.717) is 0 Å². The minimum absolute atomic E-state index is 0.191. The predicted octanol–water partition coefficient (Wildman–Crippen LogP) is 2.11. The molecule has 1 N–H and O–H groups in total. The van der Waals surface area contributed by atoms with Gasteiger partial charge >= 0.3 is 5.97 Å². The molecule has 0 aromatic carbocycles. The normalized spacial score (nSPS) is 23.6. The molecule has 3 nitrogen and oxygen atoms in total. The molecule has 82 valence electrons. The van der Waals surface area contributed by atoms with Gasteiger partial charge in [-0.1, -0.05) is 6.92 Å². The topological polar surface area (TPSA) is 40.5 Å². The van der Waals surface area contributed by atoms with Crippen LogP contribution in [0.15, 0.2) is 0 Å². The van der Waals surface area contributed by atoms with Crippen molar-refractivity contribution in [3.8, 4) is 0 Å². The maximum Gasteiger partial charge on any atom is 0.304 e. The van der Waals surface area contributed by atoms with Gasteiger partial charge in [-0.05, 0) is 39.7 Å². The van der Waals surface area contributed by atoms with Crippen LogP contribution in [-0.4, -0.2) is 34.1 Å². The fourth-order valence-electron chi connectivity index (χ4n) is 2.48. The molecule has 0 aromatic rings. The summed E-state index contributed by atoms with van der Waals surface area (Å²) in [4.78, 5) is 13.1. The summed E-state index contributed by atoms with van der Waals surface area (Å²) < 4.78 is 0. The van der Waals surface area contributed by atoms with Crippen LogP contribution >= 0.6 is 0 Å². The Hall–Kier alpha value is -0.570. The molecular weight excluding hydrogens is 178 g/mol. The van der Waals surface area contributed by atoms with E-state index in [4.69, 9.17) is 5.11 Å². The minimum Gasteiger partial charge on any atom is -0.481 e. The van der Waals surface area contributed by atoms with Gasteiger partial charge in [0.15, 0.2) is 0 Å². The summed E-state index contributed by atoms with van der Waals surface area (Å²) in [5, 5.41) is 8.82. The van der Waals surface area contributed by atoms with Gasteiger partial charge in [-0.3, -0.25) is 9.69 Å². The highest BCUT2D eigenvalue weighted by Gasteiger charge is 2.36. The molecule has 1 unspecified atom stereocenters. The maximum atomic E-state index is 10.7. The molecule has 3 heteroatoms. The maximum absolute atomic E-state index is 10.7. The van der Waals surface area contributed by atoms with Crippen molar-refractivity contribution in [2.24, 2.45) is 0 Å². The number of likely N-dealkylation sites (tertiary alicyclic amines) is 1. The number of carboxylic acid groups (broad SMARTS) is 1. The van der Waals surface area contributed by atoms with E-state index >= 15 is 0 Å². The number of carbonyl (C=O) groups is 1. The number of hydrogen-bond acceptors (Lipinski definition) is 2. The van der Waals surface area contributed by atoms with Gasteiger partial charge in [-0.25, -0.2) is 0 Å². The molecule has 1 atom stereocenters. The number of hydrogen-bond donors (Lipinski definition) is 1. The number of aliphatic carboxylic acids is 1. The van der Waals surface area contributed by atoms with Crippen LogP contribution in [0.4, 0.5) is 0 Å². The van der Waals surface area contributed by atoms with Gasteiger partial charge in [0.05, 0.1) is 6.42 Å². The standard InChI is InChI=1S/C11H21NO2/c1-4-9(8-10(13)14)12-7-5-6-11(12,2)3/h9H,4-8H2,1-3H3,(H,13,14). The fourth-order valence-corrected chi connectivity index (χ4v) is 2.48. The molecule has 0 aromatic heterocycles. The van der Waals surface area contributed by atoms with E-state index in [1.54, 1.807) is 0 Å². The number of nitrogens with zero attached hydrogens (tertiary/aromatic N) is 1. The highest BCUT2D eigenvalue weighted by molar-refractivity contribution is 5.67. The highest BCUT2D eigenvalue weighted by atomic mass is 16.4. The third kappa shape index (κ3) is 2.47. The first-order valence-electron chi connectivity index (χ1n) is 5.46. The van der Waals surface area contributed by atoms with Crippen LogP contribution in [0.25, 0.3) is 0 Å². The summed E-state index contributed by atoms with van der Waals surface area (Å²) >= 11 is 0. The monoisotopic (exact) mass is 199 g/mol. The van der Waals surface area contributed by atoms with Crippen LogP contribution in [0.5, 0.6) is 0 Å². The molecule has 1 rings (SSSR count). The van der Waals surface area contributed by atoms with Crippen LogP contribution in [0.2, 0.25) is 0 Å². The molecule has 1 heterocycles. The predicted molar refractivity (Wildman–Crippen MR) is 56.4 cm³/mol. The van der Waals surface area contributed by atoms with Gasteiger partial charge in [0.25, 0.3) is 0 Å².